The smallest absolute Gasteiger partial charge is 0.145 e. The fraction of sp³-hybridized carbons (Fsp3) is 0.133. The van der Waals surface area contributed by atoms with E-state index in [9.17, 15) is 5.21 Å². The first-order chi connectivity index (χ1) is 9.79. The van der Waals surface area contributed by atoms with Gasteiger partial charge in [-0.1, -0.05) is 18.2 Å². The van der Waals surface area contributed by atoms with Gasteiger partial charge in [0.2, 0.25) is 0 Å². The van der Waals surface area contributed by atoms with E-state index in [1.165, 1.54) is 0 Å². The third-order valence-corrected chi connectivity index (χ3v) is 3.11. The van der Waals surface area contributed by atoms with Crippen molar-refractivity contribution in [3.8, 4) is 17.6 Å². The minimum atomic E-state index is 0.379. The molecule has 0 fully saturated rings. The van der Waals surface area contributed by atoms with Crippen molar-refractivity contribution in [2.24, 2.45) is 0 Å². The maximum Gasteiger partial charge on any atom is 0.145 e. The molecule has 0 aliphatic carbocycles. The van der Waals surface area contributed by atoms with Gasteiger partial charge in [-0.3, -0.25) is 5.21 Å². The first-order valence-corrected chi connectivity index (χ1v) is 6.20. The summed E-state index contributed by atoms with van der Waals surface area (Å²) in [7, 11) is 0. The lowest BCUT2D eigenvalue weighted by Gasteiger charge is -2.25. The van der Waals surface area contributed by atoms with Crippen molar-refractivity contribution >= 4 is 5.69 Å². The number of nitriles is 1. The minimum Gasteiger partial charge on any atom is -0.456 e. The second-order valence-corrected chi connectivity index (χ2v) is 4.32. The molecule has 0 saturated heterocycles. The predicted octanol–water partition coefficient (Wildman–Crippen LogP) is 3.03. The number of anilines is 1. The van der Waals surface area contributed by atoms with Gasteiger partial charge in [-0.05, 0) is 24.3 Å². The van der Waals surface area contributed by atoms with Crippen molar-refractivity contribution in [3.63, 3.8) is 0 Å². The molecule has 0 aromatic heterocycles. The quantitative estimate of drug-likeness (QED) is 0.906. The average Bonchev–Trinajstić information content (AvgIpc) is 2.49. The van der Waals surface area contributed by atoms with E-state index in [1.54, 1.807) is 30.3 Å². The van der Waals surface area contributed by atoms with E-state index in [-0.39, 0.29) is 0 Å². The van der Waals surface area contributed by atoms with Gasteiger partial charge in [-0.25, -0.2) is 4.84 Å². The molecule has 1 aliphatic rings. The Kier molecular flexibility index (Phi) is 3.25. The van der Waals surface area contributed by atoms with Crippen LogP contribution in [0.4, 0.5) is 5.69 Å². The Bertz CT molecular complexity index is 679. The molecular formula is C15H12N2O3. The molecule has 1 aliphatic heterocycles. The molecule has 100 valence electrons. The number of benzene rings is 2. The van der Waals surface area contributed by atoms with Gasteiger partial charge >= 0.3 is 0 Å². The number of nitrogens with zero attached hydrogens (tertiary/aromatic N) is 2. The van der Waals surface area contributed by atoms with Crippen LogP contribution >= 0.6 is 0 Å². The van der Waals surface area contributed by atoms with Crippen LogP contribution in [0.3, 0.4) is 0 Å². The molecule has 0 amide bonds. The number of fused-ring (bicyclic) bond motifs is 1. The molecular weight excluding hydrogens is 256 g/mol. The molecule has 0 atom stereocenters. The number of rotatable bonds is 2. The minimum absolute atomic E-state index is 0.379. The van der Waals surface area contributed by atoms with Gasteiger partial charge in [0.15, 0.2) is 0 Å². The SMILES string of the molecule is N#Cc1ccccc1Oc1cccc2c1CCON2O. The predicted molar refractivity (Wildman–Crippen MR) is 71.6 cm³/mol. The van der Waals surface area contributed by atoms with E-state index in [4.69, 9.17) is 14.8 Å². The van der Waals surface area contributed by atoms with Gasteiger partial charge in [0.05, 0.1) is 12.2 Å². The van der Waals surface area contributed by atoms with Gasteiger partial charge in [-0.2, -0.15) is 5.26 Å². The standard InChI is InChI=1S/C15H12N2O3/c16-10-11-4-1-2-6-14(11)20-15-7-3-5-13-12(15)8-9-19-17(13)18/h1-7,18H,8-9H2. The summed E-state index contributed by atoms with van der Waals surface area (Å²) >= 11 is 0. The van der Waals surface area contributed by atoms with E-state index in [2.05, 4.69) is 6.07 Å². The Labute approximate surface area is 116 Å². The first-order valence-electron chi connectivity index (χ1n) is 6.20. The van der Waals surface area contributed by atoms with E-state index in [0.29, 0.717) is 35.8 Å². The molecule has 2 aromatic carbocycles. The molecule has 5 nitrogen and oxygen atoms in total. The topological polar surface area (TPSA) is 65.7 Å². The zero-order chi connectivity index (χ0) is 13.9. The Balaban J connectivity index is 2.00. The molecule has 0 unspecified atom stereocenters. The Hall–Kier alpha value is -2.55. The second kappa shape index (κ2) is 5.21. The highest BCUT2D eigenvalue weighted by Gasteiger charge is 2.20. The van der Waals surface area contributed by atoms with E-state index in [1.807, 2.05) is 12.1 Å². The molecule has 1 heterocycles. The third kappa shape index (κ3) is 2.18. The summed E-state index contributed by atoms with van der Waals surface area (Å²) in [6, 6.07) is 14.5. The number of hydrogen-bond donors (Lipinski definition) is 1. The van der Waals surface area contributed by atoms with Crippen molar-refractivity contribution < 1.29 is 14.8 Å². The lowest BCUT2D eigenvalue weighted by Crippen LogP contribution is -2.26. The number of ether oxygens (including phenoxy) is 1. The van der Waals surface area contributed by atoms with Crippen molar-refractivity contribution in [1.82, 2.24) is 0 Å². The highest BCUT2D eigenvalue weighted by atomic mass is 16.9. The normalized spacial score (nSPS) is 13.5. The Morgan fingerprint density at radius 1 is 1.15 bits per heavy atom. The van der Waals surface area contributed by atoms with Crippen LogP contribution < -0.4 is 9.96 Å². The van der Waals surface area contributed by atoms with Gasteiger partial charge in [0.1, 0.15) is 23.3 Å². The summed E-state index contributed by atoms with van der Waals surface area (Å²) in [6.45, 7) is 0.379. The Morgan fingerprint density at radius 2 is 1.95 bits per heavy atom. The largest absolute Gasteiger partial charge is 0.456 e. The summed E-state index contributed by atoms with van der Waals surface area (Å²) in [5.74, 6) is 1.12. The van der Waals surface area contributed by atoms with Crippen LogP contribution in [-0.2, 0) is 11.3 Å². The highest BCUT2D eigenvalue weighted by Crippen LogP contribution is 2.35. The van der Waals surface area contributed by atoms with Crippen LogP contribution in [0.25, 0.3) is 0 Å². The maximum absolute atomic E-state index is 9.66. The number of para-hydroxylation sites is 1. The average molecular weight is 268 g/mol. The summed E-state index contributed by atoms with van der Waals surface area (Å²) in [5, 5.41) is 19.5. The zero-order valence-electron chi connectivity index (χ0n) is 10.6. The monoisotopic (exact) mass is 268 g/mol. The fourth-order valence-corrected chi connectivity index (χ4v) is 2.15. The molecule has 0 bridgehead atoms. The summed E-state index contributed by atoms with van der Waals surface area (Å²) in [5.41, 5.74) is 1.88. The van der Waals surface area contributed by atoms with Crippen LogP contribution in [-0.4, -0.2) is 11.8 Å². The van der Waals surface area contributed by atoms with Crippen LogP contribution in [0.2, 0.25) is 0 Å². The maximum atomic E-state index is 9.66. The van der Waals surface area contributed by atoms with Gasteiger partial charge in [0.25, 0.3) is 0 Å². The van der Waals surface area contributed by atoms with Crippen molar-refractivity contribution in [2.45, 2.75) is 6.42 Å². The molecule has 20 heavy (non-hydrogen) atoms. The molecule has 0 spiro atoms. The van der Waals surface area contributed by atoms with Crippen LogP contribution in [0.1, 0.15) is 11.1 Å². The van der Waals surface area contributed by atoms with Crippen LogP contribution in [0.5, 0.6) is 11.5 Å². The summed E-state index contributed by atoms with van der Waals surface area (Å²) in [6.07, 6.45) is 0.636. The van der Waals surface area contributed by atoms with Gasteiger partial charge in [0, 0.05) is 12.0 Å². The van der Waals surface area contributed by atoms with Crippen molar-refractivity contribution in [2.75, 3.05) is 11.8 Å². The van der Waals surface area contributed by atoms with Crippen molar-refractivity contribution in [3.05, 3.63) is 53.6 Å². The Morgan fingerprint density at radius 3 is 2.80 bits per heavy atom. The van der Waals surface area contributed by atoms with Gasteiger partial charge in [-0.15, -0.1) is 5.23 Å². The molecule has 2 aromatic rings. The highest BCUT2D eigenvalue weighted by molar-refractivity contribution is 5.59. The number of hydrogen-bond acceptors (Lipinski definition) is 5. The van der Waals surface area contributed by atoms with Crippen LogP contribution in [0.15, 0.2) is 42.5 Å². The first kappa shape index (κ1) is 12.5. The molecule has 0 saturated carbocycles. The van der Waals surface area contributed by atoms with Gasteiger partial charge < -0.3 is 4.74 Å². The van der Waals surface area contributed by atoms with E-state index >= 15 is 0 Å². The van der Waals surface area contributed by atoms with Crippen LogP contribution in [0, 0.1) is 11.3 Å². The third-order valence-electron chi connectivity index (χ3n) is 3.11. The molecule has 1 N–H and O–H groups in total. The second-order valence-electron chi connectivity index (χ2n) is 4.32. The summed E-state index contributed by atoms with van der Waals surface area (Å²) in [4.78, 5) is 5.04. The lowest BCUT2D eigenvalue weighted by molar-refractivity contribution is -0.0476. The summed E-state index contributed by atoms with van der Waals surface area (Å²) < 4.78 is 5.83. The van der Waals surface area contributed by atoms with E-state index < -0.39 is 0 Å². The fourth-order valence-electron chi connectivity index (χ4n) is 2.15. The molecule has 3 rings (SSSR count). The molecule has 0 radical (unpaired) electrons. The zero-order valence-corrected chi connectivity index (χ0v) is 10.6. The van der Waals surface area contributed by atoms with E-state index in [0.717, 1.165) is 10.8 Å². The lowest BCUT2D eigenvalue weighted by atomic mass is 10.1. The molecule has 5 heteroatoms. The van der Waals surface area contributed by atoms with Crippen molar-refractivity contribution in [1.29, 1.82) is 5.26 Å².